The zero-order chi connectivity index (χ0) is 29.1. The predicted molar refractivity (Wildman–Crippen MR) is 151 cm³/mol. The van der Waals surface area contributed by atoms with Crippen molar-refractivity contribution in [2.24, 2.45) is 0 Å². The Hall–Kier alpha value is -4.37. The standard InChI is InChI=1S/C28H37N7O5/c1-5-7-16-40-27-31-25(29)24-26(32-27)35(28(38)30-24)15-8-14-34(22(36)19-33(3)13-6-2)18-21-11-9-20(10-12-21)17-23(37)39-4/h2,9-12H,5,7-8,13-19H2,1,3-4H3,(H,30,38)(H2,29,31,32). The Labute approximate surface area is 233 Å². The lowest BCUT2D eigenvalue weighted by atomic mass is 10.1. The van der Waals surface area contributed by atoms with E-state index in [-0.39, 0.29) is 42.4 Å². The highest BCUT2D eigenvalue weighted by Gasteiger charge is 2.18. The second kappa shape index (κ2) is 14.7. The van der Waals surface area contributed by atoms with Crippen molar-refractivity contribution in [3.63, 3.8) is 0 Å². The molecule has 214 valence electrons. The molecule has 0 aliphatic rings. The fourth-order valence-electron chi connectivity index (χ4n) is 4.09. The van der Waals surface area contributed by atoms with Crippen LogP contribution in [0.25, 0.3) is 11.2 Å². The molecular formula is C28H37N7O5. The number of esters is 1. The van der Waals surface area contributed by atoms with Gasteiger partial charge in [-0.25, -0.2) is 4.79 Å². The summed E-state index contributed by atoms with van der Waals surface area (Å²) < 4.78 is 11.8. The average Bonchev–Trinajstić information content (AvgIpc) is 3.24. The van der Waals surface area contributed by atoms with Gasteiger partial charge in [-0.15, -0.1) is 6.42 Å². The fourth-order valence-corrected chi connectivity index (χ4v) is 4.09. The molecule has 0 bridgehead atoms. The molecule has 0 saturated carbocycles. The SMILES string of the molecule is C#CCN(C)CC(=O)N(CCCn1c(=O)[nH]c2c(N)nc(OCCCC)nc21)Cc1ccc(CC(=O)OC)cc1. The summed E-state index contributed by atoms with van der Waals surface area (Å²) in [6, 6.07) is 7.57. The number of hydrogen-bond donors (Lipinski definition) is 2. The first-order valence-corrected chi connectivity index (χ1v) is 13.2. The van der Waals surface area contributed by atoms with Crippen molar-refractivity contribution < 1.29 is 19.1 Å². The van der Waals surface area contributed by atoms with Gasteiger partial charge in [0.2, 0.25) is 5.91 Å². The first kappa shape index (κ1) is 30.2. The topological polar surface area (TPSA) is 149 Å². The molecule has 0 unspecified atom stereocenters. The molecule has 0 spiro atoms. The van der Waals surface area contributed by atoms with Crippen LogP contribution in [0.1, 0.15) is 37.3 Å². The first-order valence-electron chi connectivity index (χ1n) is 13.2. The summed E-state index contributed by atoms with van der Waals surface area (Å²) in [5, 5.41) is 0. The summed E-state index contributed by atoms with van der Waals surface area (Å²) in [5.74, 6) is 2.26. The minimum atomic E-state index is -0.366. The number of nitrogens with two attached hydrogens (primary N) is 1. The Morgan fingerprint density at radius 2 is 1.90 bits per heavy atom. The molecule has 0 fully saturated rings. The number of unbranched alkanes of at least 4 members (excludes halogenated alkanes) is 1. The molecule has 12 nitrogen and oxygen atoms in total. The number of imidazole rings is 1. The van der Waals surface area contributed by atoms with Crippen LogP contribution in [0.2, 0.25) is 0 Å². The number of terminal acetylenes is 1. The van der Waals surface area contributed by atoms with Crippen molar-refractivity contribution in [1.29, 1.82) is 0 Å². The van der Waals surface area contributed by atoms with Gasteiger partial charge in [0.1, 0.15) is 5.52 Å². The number of amides is 1. The van der Waals surface area contributed by atoms with Crippen LogP contribution in [-0.4, -0.2) is 81.6 Å². The van der Waals surface area contributed by atoms with E-state index in [2.05, 4.69) is 20.9 Å². The van der Waals surface area contributed by atoms with Gasteiger partial charge in [0, 0.05) is 19.6 Å². The molecule has 1 amide bonds. The Bertz CT molecular complexity index is 1390. The van der Waals surface area contributed by atoms with Crippen LogP contribution in [-0.2, 0) is 33.8 Å². The number of nitrogens with one attached hydrogen (secondary N) is 1. The molecular weight excluding hydrogens is 514 g/mol. The van der Waals surface area contributed by atoms with Gasteiger partial charge < -0.3 is 25.1 Å². The highest BCUT2D eigenvalue weighted by atomic mass is 16.5. The summed E-state index contributed by atoms with van der Waals surface area (Å²) in [5.41, 5.74) is 8.12. The van der Waals surface area contributed by atoms with Crippen LogP contribution in [0.4, 0.5) is 5.82 Å². The quantitative estimate of drug-likeness (QED) is 0.163. The van der Waals surface area contributed by atoms with Crippen LogP contribution >= 0.6 is 0 Å². The van der Waals surface area contributed by atoms with Crippen molar-refractivity contribution in [1.82, 2.24) is 29.3 Å². The van der Waals surface area contributed by atoms with Crippen LogP contribution in [0.3, 0.4) is 0 Å². The number of carbonyl (C=O) groups is 2. The van der Waals surface area contributed by atoms with E-state index in [4.69, 9.17) is 21.6 Å². The summed E-state index contributed by atoms with van der Waals surface area (Å²) in [4.78, 5) is 52.2. The number of aromatic amines is 1. The number of nitrogen functional groups attached to an aromatic ring is 1. The third-order valence-corrected chi connectivity index (χ3v) is 6.26. The molecule has 1 aromatic carbocycles. The van der Waals surface area contributed by atoms with Crippen molar-refractivity contribution >= 4 is 28.9 Å². The van der Waals surface area contributed by atoms with Crippen molar-refractivity contribution in [2.75, 3.05) is 46.1 Å². The number of nitrogens with zero attached hydrogens (tertiary/aromatic N) is 5. The molecule has 3 rings (SSSR count). The number of ether oxygens (including phenoxy) is 2. The molecule has 0 saturated heterocycles. The van der Waals surface area contributed by atoms with Gasteiger partial charge in [-0.05, 0) is 31.0 Å². The number of hydrogen-bond acceptors (Lipinski definition) is 9. The molecule has 2 heterocycles. The number of likely N-dealkylation sites (N-methyl/N-ethyl adjacent to an activating group) is 1. The van der Waals surface area contributed by atoms with E-state index >= 15 is 0 Å². The zero-order valence-electron chi connectivity index (χ0n) is 23.3. The van der Waals surface area contributed by atoms with Gasteiger partial charge in [-0.1, -0.05) is 43.5 Å². The highest BCUT2D eigenvalue weighted by molar-refractivity contribution is 5.82. The number of anilines is 1. The van der Waals surface area contributed by atoms with E-state index in [0.717, 1.165) is 24.0 Å². The smallest absolute Gasteiger partial charge is 0.327 e. The summed E-state index contributed by atoms with van der Waals surface area (Å²) in [6.07, 6.45) is 7.85. The molecule has 0 atom stereocenters. The van der Waals surface area contributed by atoms with Crippen LogP contribution < -0.4 is 16.2 Å². The second-order valence-corrected chi connectivity index (χ2v) is 9.49. The van der Waals surface area contributed by atoms with E-state index in [1.807, 2.05) is 31.2 Å². The normalized spacial score (nSPS) is 11.0. The lowest BCUT2D eigenvalue weighted by Crippen LogP contribution is -2.39. The van der Waals surface area contributed by atoms with Crippen LogP contribution in [0.5, 0.6) is 6.01 Å². The number of fused-ring (bicyclic) bond motifs is 1. The summed E-state index contributed by atoms with van der Waals surface area (Å²) >= 11 is 0. The number of benzene rings is 1. The molecule has 12 heteroatoms. The molecule has 0 aliphatic carbocycles. The summed E-state index contributed by atoms with van der Waals surface area (Å²) in [6.45, 7) is 4.03. The van der Waals surface area contributed by atoms with Crippen LogP contribution in [0, 0.1) is 12.3 Å². The second-order valence-electron chi connectivity index (χ2n) is 9.49. The summed E-state index contributed by atoms with van der Waals surface area (Å²) in [7, 11) is 3.14. The Morgan fingerprint density at radius 3 is 2.58 bits per heavy atom. The average molecular weight is 552 g/mol. The van der Waals surface area contributed by atoms with Gasteiger partial charge in [0.25, 0.3) is 0 Å². The van der Waals surface area contributed by atoms with E-state index in [0.29, 0.717) is 50.4 Å². The predicted octanol–water partition coefficient (Wildman–Crippen LogP) is 1.58. The van der Waals surface area contributed by atoms with Crippen LogP contribution in [0.15, 0.2) is 29.1 Å². The molecule has 3 N–H and O–H groups in total. The van der Waals surface area contributed by atoms with Gasteiger partial charge in [-0.3, -0.25) is 19.1 Å². The monoisotopic (exact) mass is 551 g/mol. The number of carbonyl (C=O) groups excluding carboxylic acids is 2. The first-order chi connectivity index (χ1) is 19.2. The molecule has 0 radical (unpaired) electrons. The molecule has 40 heavy (non-hydrogen) atoms. The van der Waals surface area contributed by atoms with E-state index < -0.39 is 0 Å². The maximum Gasteiger partial charge on any atom is 0.327 e. The molecule has 2 aromatic heterocycles. The van der Waals surface area contributed by atoms with Gasteiger partial charge >= 0.3 is 17.7 Å². The largest absolute Gasteiger partial charge is 0.469 e. The number of aryl methyl sites for hydroxylation is 1. The van der Waals surface area contributed by atoms with E-state index in [1.165, 1.54) is 11.7 Å². The Balaban J connectivity index is 1.75. The van der Waals surface area contributed by atoms with Crippen molar-refractivity contribution in [3.05, 3.63) is 45.9 Å². The maximum atomic E-state index is 13.2. The zero-order valence-corrected chi connectivity index (χ0v) is 23.3. The minimum Gasteiger partial charge on any atom is -0.469 e. The van der Waals surface area contributed by atoms with E-state index in [9.17, 15) is 14.4 Å². The van der Waals surface area contributed by atoms with Crippen molar-refractivity contribution in [2.45, 2.75) is 45.7 Å². The highest BCUT2D eigenvalue weighted by Crippen LogP contribution is 2.18. The Morgan fingerprint density at radius 1 is 1.18 bits per heavy atom. The molecule has 3 aromatic rings. The minimum absolute atomic E-state index is 0.0964. The fraction of sp³-hybridized carbons (Fsp3) is 0.464. The number of rotatable bonds is 15. The number of methoxy groups -OCH3 is 1. The lowest BCUT2D eigenvalue weighted by molar-refractivity contribution is -0.139. The number of aromatic nitrogens is 4. The lowest BCUT2D eigenvalue weighted by Gasteiger charge is -2.25. The number of H-pyrrole nitrogens is 1. The van der Waals surface area contributed by atoms with Crippen molar-refractivity contribution in [3.8, 4) is 18.4 Å². The Kier molecular flexibility index (Phi) is 11.1. The third-order valence-electron chi connectivity index (χ3n) is 6.26. The van der Waals surface area contributed by atoms with E-state index in [1.54, 1.807) is 16.8 Å². The maximum absolute atomic E-state index is 13.2. The third kappa shape index (κ3) is 8.31. The molecule has 0 aliphatic heterocycles. The van der Waals surface area contributed by atoms with Gasteiger partial charge in [0.05, 0.1) is 33.2 Å². The van der Waals surface area contributed by atoms with Gasteiger partial charge in [0.15, 0.2) is 11.5 Å². The van der Waals surface area contributed by atoms with Gasteiger partial charge in [-0.2, -0.15) is 9.97 Å².